The predicted molar refractivity (Wildman–Crippen MR) is 142 cm³/mol. The highest BCUT2D eigenvalue weighted by Gasteiger charge is 2.33. The second kappa shape index (κ2) is 10.2. The number of para-hydroxylation sites is 1. The quantitative estimate of drug-likeness (QED) is 0.354. The van der Waals surface area contributed by atoms with Gasteiger partial charge < -0.3 is 14.3 Å². The third-order valence-electron chi connectivity index (χ3n) is 7.20. The van der Waals surface area contributed by atoms with E-state index < -0.39 is 6.04 Å². The number of pyridine rings is 1. The first-order valence-corrected chi connectivity index (χ1v) is 12.8. The van der Waals surface area contributed by atoms with E-state index in [0.717, 1.165) is 17.3 Å². The summed E-state index contributed by atoms with van der Waals surface area (Å²) in [6.45, 7) is 4.84. The summed E-state index contributed by atoms with van der Waals surface area (Å²) in [7, 11) is 0. The largest absolute Gasteiger partial charge is 0.467 e. The average Bonchev–Trinajstić information content (AvgIpc) is 3.62. The van der Waals surface area contributed by atoms with Crippen LogP contribution in [0, 0.1) is 5.82 Å². The highest BCUT2D eigenvalue weighted by Crippen LogP contribution is 2.30. The standard InChI is InChI=1S/C28H28FN7O2/c1-2-19-9-10-24-20(16-19)17-22(28(37)30-24)26(27-31-32-33-36(27)18-21-6-5-15-38-21)35-13-11-34(12-14-35)25-8-4-3-7-23(25)29/h3-10,15-17,26H,2,11-14,18H2,1H3,(H,30,37)/t26-/m0/s1. The number of aryl methyl sites for hydroxylation is 1. The summed E-state index contributed by atoms with van der Waals surface area (Å²) in [5.41, 5.74) is 2.95. The molecule has 0 radical (unpaired) electrons. The molecule has 1 atom stereocenters. The van der Waals surface area contributed by atoms with Crippen LogP contribution < -0.4 is 10.5 Å². The maximum atomic E-state index is 14.5. The Morgan fingerprint density at radius 2 is 1.89 bits per heavy atom. The highest BCUT2D eigenvalue weighted by molar-refractivity contribution is 5.80. The summed E-state index contributed by atoms with van der Waals surface area (Å²) < 4.78 is 21.7. The topological polar surface area (TPSA) is 96.1 Å². The van der Waals surface area contributed by atoms with Gasteiger partial charge in [-0.05, 0) is 70.3 Å². The monoisotopic (exact) mass is 513 g/mol. The van der Waals surface area contributed by atoms with Gasteiger partial charge in [0.05, 0.1) is 12.0 Å². The minimum Gasteiger partial charge on any atom is -0.467 e. The SMILES string of the molecule is CCc1ccc2[nH]c(=O)c([C@@H](c3nnnn3Cc3ccco3)N3CCN(c4ccccc4F)CC3)cc2c1. The van der Waals surface area contributed by atoms with E-state index in [2.05, 4.69) is 38.4 Å². The number of H-pyrrole nitrogens is 1. The Morgan fingerprint density at radius 3 is 2.66 bits per heavy atom. The van der Waals surface area contributed by atoms with Crippen LogP contribution in [-0.4, -0.2) is 56.3 Å². The van der Waals surface area contributed by atoms with Gasteiger partial charge in [0, 0.05) is 37.3 Å². The van der Waals surface area contributed by atoms with Crippen molar-refractivity contribution in [2.75, 3.05) is 31.1 Å². The van der Waals surface area contributed by atoms with Gasteiger partial charge in [-0.15, -0.1) is 5.10 Å². The Balaban J connectivity index is 1.40. The third kappa shape index (κ3) is 4.58. The average molecular weight is 514 g/mol. The smallest absolute Gasteiger partial charge is 0.253 e. The van der Waals surface area contributed by atoms with Crippen molar-refractivity contribution in [1.82, 2.24) is 30.1 Å². The summed E-state index contributed by atoms with van der Waals surface area (Å²) in [6, 6.07) is 18.0. The summed E-state index contributed by atoms with van der Waals surface area (Å²) in [5.74, 6) is 1.02. The number of nitrogens with zero attached hydrogens (tertiary/aromatic N) is 6. The Hall–Kier alpha value is -4.31. The lowest BCUT2D eigenvalue weighted by atomic mass is 10.0. The van der Waals surface area contributed by atoms with Crippen LogP contribution in [0.5, 0.6) is 0 Å². The molecule has 0 aliphatic carbocycles. The molecule has 1 saturated heterocycles. The molecule has 6 rings (SSSR count). The van der Waals surface area contributed by atoms with Gasteiger partial charge in [-0.2, -0.15) is 0 Å². The summed E-state index contributed by atoms with van der Waals surface area (Å²) >= 11 is 0. The Kier molecular flexibility index (Phi) is 6.47. The molecule has 1 fully saturated rings. The first-order valence-electron chi connectivity index (χ1n) is 12.8. The number of aromatic nitrogens is 5. The number of hydrogen-bond donors (Lipinski definition) is 1. The van der Waals surface area contributed by atoms with Crippen LogP contribution >= 0.6 is 0 Å². The molecule has 0 unspecified atom stereocenters. The van der Waals surface area contributed by atoms with Crippen LogP contribution in [-0.2, 0) is 13.0 Å². The van der Waals surface area contributed by atoms with Gasteiger partial charge in [0.2, 0.25) is 0 Å². The Labute approximate surface area is 218 Å². The van der Waals surface area contributed by atoms with Gasteiger partial charge in [0.1, 0.15) is 24.2 Å². The fraction of sp³-hybridized carbons (Fsp3) is 0.286. The first kappa shape index (κ1) is 24.1. The van der Waals surface area contributed by atoms with E-state index in [1.165, 1.54) is 11.6 Å². The number of benzene rings is 2. The predicted octanol–water partition coefficient (Wildman–Crippen LogP) is 3.77. The lowest BCUT2D eigenvalue weighted by Crippen LogP contribution is -2.49. The van der Waals surface area contributed by atoms with Gasteiger partial charge in [0.15, 0.2) is 5.82 Å². The number of tetrazole rings is 1. The molecule has 0 spiro atoms. The number of fused-ring (bicyclic) bond motifs is 1. The minimum absolute atomic E-state index is 0.184. The first-order chi connectivity index (χ1) is 18.6. The second-order valence-electron chi connectivity index (χ2n) is 9.48. The lowest BCUT2D eigenvalue weighted by Gasteiger charge is -2.39. The van der Waals surface area contributed by atoms with E-state index in [0.29, 0.717) is 55.6 Å². The van der Waals surface area contributed by atoms with Crippen molar-refractivity contribution in [3.63, 3.8) is 0 Å². The van der Waals surface area contributed by atoms with Crippen molar-refractivity contribution in [2.45, 2.75) is 25.9 Å². The van der Waals surface area contributed by atoms with Gasteiger partial charge in [0.25, 0.3) is 5.56 Å². The number of hydrogen-bond acceptors (Lipinski definition) is 7. The molecule has 0 amide bonds. The van der Waals surface area contributed by atoms with Crippen molar-refractivity contribution in [3.05, 3.63) is 106 Å². The van der Waals surface area contributed by atoms with Crippen LogP contribution in [0.2, 0.25) is 0 Å². The molecular weight excluding hydrogens is 485 g/mol. The van der Waals surface area contributed by atoms with Crippen molar-refractivity contribution in [2.24, 2.45) is 0 Å². The Bertz CT molecular complexity index is 1600. The van der Waals surface area contributed by atoms with Gasteiger partial charge in [-0.3, -0.25) is 9.69 Å². The molecule has 5 aromatic rings. The Morgan fingerprint density at radius 1 is 1.05 bits per heavy atom. The summed E-state index contributed by atoms with van der Waals surface area (Å²) in [6.07, 6.45) is 2.51. The van der Waals surface area contributed by atoms with Crippen LogP contribution in [0.1, 0.15) is 35.7 Å². The van der Waals surface area contributed by atoms with E-state index in [9.17, 15) is 9.18 Å². The van der Waals surface area contributed by atoms with Crippen molar-refractivity contribution in [1.29, 1.82) is 0 Å². The number of rotatable bonds is 7. The third-order valence-corrected chi connectivity index (χ3v) is 7.20. The maximum Gasteiger partial charge on any atom is 0.253 e. The van der Waals surface area contributed by atoms with Crippen molar-refractivity contribution < 1.29 is 8.81 Å². The summed E-state index contributed by atoms with van der Waals surface area (Å²) in [5, 5.41) is 13.5. The van der Waals surface area contributed by atoms with Crippen molar-refractivity contribution >= 4 is 16.6 Å². The van der Waals surface area contributed by atoms with E-state index in [-0.39, 0.29) is 11.4 Å². The number of anilines is 1. The molecule has 4 heterocycles. The van der Waals surface area contributed by atoms with Crippen LogP contribution in [0.4, 0.5) is 10.1 Å². The summed E-state index contributed by atoms with van der Waals surface area (Å²) in [4.78, 5) is 20.8. The zero-order chi connectivity index (χ0) is 26.1. The normalized spacial score (nSPS) is 15.3. The fourth-order valence-electron chi connectivity index (χ4n) is 5.19. The van der Waals surface area contributed by atoms with Crippen LogP contribution in [0.25, 0.3) is 10.9 Å². The van der Waals surface area contributed by atoms with Crippen LogP contribution in [0.15, 0.2) is 76.1 Å². The zero-order valence-electron chi connectivity index (χ0n) is 21.0. The minimum atomic E-state index is -0.499. The molecule has 3 aromatic heterocycles. The molecule has 0 saturated carbocycles. The van der Waals surface area contributed by atoms with Gasteiger partial charge in [-0.25, -0.2) is 9.07 Å². The maximum absolute atomic E-state index is 14.5. The fourth-order valence-corrected chi connectivity index (χ4v) is 5.19. The molecule has 1 N–H and O–H groups in total. The molecule has 0 bridgehead atoms. The van der Waals surface area contributed by atoms with Gasteiger partial charge >= 0.3 is 0 Å². The zero-order valence-corrected chi connectivity index (χ0v) is 21.0. The van der Waals surface area contributed by atoms with Crippen LogP contribution in [0.3, 0.4) is 0 Å². The molecule has 38 heavy (non-hydrogen) atoms. The van der Waals surface area contributed by atoms with E-state index >= 15 is 0 Å². The van der Waals surface area contributed by atoms with E-state index in [1.54, 1.807) is 23.1 Å². The number of furan rings is 1. The lowest BCUT2D eigenvalue weighted by molar-refractivity contribution is 0.199. The van der Waals surface area contributed by atoms with Gasteiger partial charge in [-0.1, -0.05) is 25.1 Å². The molecule has 1 aliphatic heterocycles. The molecule has 9 nitrogen and oxygen atoms in total. The number of nitrogens with one attached hydrogen (secondary N) is 1. The number of aromatic amines is 1. The molecular formula is C28H28FN7O2. The van der Waals surface area contributed by atoms with E-state index in [1.807, 2.05) is 41.3 Å². The molecule has 10 heteroatoms. The van der Waals surface area contributed by atoms with E-state index in [4.69, 9.17) is 4.42 Å². The molecule has 1 aliphatic rings. The number of piperazine rings is 1. The number of halogens is 1. The molecule has 2 aromatic carbocycles. The molecule has 194 valence electrons. The second-order valence-corrected chi connectivity index (χ2v) is 9.48. The van der Waals surface area contributed by atoms with Crippen molar-refractivity contribution in [3.8, 4) is 0 Å². The highest BCUT2D eigenvalue weighted by atomic mass is 19.1.